The predicted molar refractivity (Wildman–Crippen MR) is 63.5 cm³/mol. The molecular weight excluding hydrogens is 299 g/mol. The molecule has 0 aromatic heterocycles. The third kappa shape index (κ3) is 5.41. The van der Waals surface area contributed by atoms with Gasteiger partial charge in [-0.05, 0) is 34.0 Å². The normalized spacial score (nSPS) is 11.8. The molecule has 0 aliphatic rings. The van der Waals surface area contributed by atoms with Crippen LogP contribution in [0.4, 0.5) is 18.9 Å². The minimum Gasteiger partial charge on any atom is -0.398 e. The third-order valence-electron chi connectivity index (χ3n) is 2.12. The minimum atomic E-state index is -4.11. The zero-order valence-corrected chi connectivity index (χ0v) is 10.6. The molecule has 0 saturated heterocycles. The minimum absolute atomic E-state index is 0.0244. The average Bonchev–Trinajstić information content (AvgIpc) is 2.22. The summed E-state index contributed by atoms with van der Waals surface area (Å²) in [5, 5.41) is 0. The first-order chi connectivity index (χ1) is 7.90. The Morgan fingerprint density at radius 3 is 2.65 bits per heavy atom. The predicted octanol–water partition coefficient (Wildman–Crippen LogP) is 3.89. The van der Waals surface area contributed by atoms with Gasteiger partial charge in [-0.15, -0.1) is 0 Å². The molecule has 96 valence electrons. The number of anilines is 1. The molecule has 0 aliphatic heterocycles. The second-order valence-electron chi connectivity index (χ2n) is 3.59. The van der Waals surface area contributed by atoms with E-state index in [9.17, 15) is 13.2 Å². The summed E-state index contributed by atoms with van der Waals surface area (Å²) in [7, 11) is 0. The highest BCUT2D eigenvalue weighted by molar-refractivity contribution is 9.10. The van der Waals surface area contributed by atoms with E-state index >= 15 is 0 Å². The van der Waals surface area contributed by atoms with Crippen molar-refractivity contribution in [3.63, 3.8) is 0 Å². The number of alkyl halides is 3. The van der Waals surface area contributed by atoms with Gasteiger partial charge in [0.1, 0.15) is 0 Å². The summed E-state index contributed by atoms with van der Waals surface area (Å²) in [6.45, 7) is 0.338. The molecule has 0 atom stereocenters. The van der Waals surface area contributed by atoms with Gasteiger partial charge in [0.15, 0.2) is 0 Å². The van der Waals surface area contributed by atoms with Crippen molar-refractivity contribution in [1.29, 1.82) is 0 Å². The van der Waals surface area contributed by atoms with Gasteiger partial charge in [0.25, 0.3) is 0 Å². The molecule has 1 rings (SSSR count). The fourth-order valence-corrected chi connectivity index (χ4v) is 1.65. The lowest BCUT2D eigenvalue weighted by atomic mass is 10.2. The van der Waals surface area contributed by atoms with Crippen LogP contribution in [0.5, 0.6) is 0 Å². The first kappa shape index (κ1) is 14.3. The molecule has 2 N–H and O–H groups in total. The van der Waals surface area contributed by atoms with Crippen LogP contribution >= 0.6 is 15.9 Å². The lowest BCUT2D eigenvalue weighted by molar-refractivity contribution is -0.138. The largest absolute Gasteiger partial charge is 0.398 e. The topological polar surface area (TPSA) is 35.2 Å². The van der Waals surface area contributed by atoms with Crippen LogP contribution in [-0.2, 0) is 11.3 Å². The highest BCUT2D eigenvalue weighted by Gasteiger charge is 2.25. The van der Waals surface area contributed by atoms with Crippen molar-refractivity contribution in [1.82, 2.24) is 0 Å². The van der Waals surface area contributed by atoms with Gasteiger partial charge < -0.3 is 10.5 Å². The highest BCUT2D eigenvalue weighted by Crippen LogP contribution is 2.25. The second kappa shape index (κ2) is 6.26. The van der Waals surface area contributed by atoms with Gasteiger partial charge >= 0.3 is 6.18 Å². The molecule has 0 fully saturated rings. The molecule has 6 heteroatoms. The Hall–Kier alpha value is -0.750. The molecule has 0 unspecified atom stereocenters. The van der Waals surface area contributed by atoms with E-state index < -0.39 is 12.6 Å². The summed E-state index contributed by atoms with van der Waals surface area (Å²) in [4.78, 5) is 0. The summed E-state index contributed by atoms with van der Waals surface area (Å²) >= 11 is 3.30. The summed E-state index contributed by atoms with van der Waals surface area (Å²) in [6.07, 6.45) is -4.95. The van der Waals surface area contributed by atoms with E-state index in [2.05, 4.69) is 15.9 Å². The van der Waals surface area contributed by atoms with Gasteiger partial charge in [0.2, 0.25) is 0 Å². The maximum absolute atomic E-state index is 11.8. The van der Waals surface area contributed by atoms with Crippen molar-refractivity contribution >= 4 is 21.6 Å². The molecule has 1 aromatic carbocycles. The number of nitrogens with two attached hydrogens (primary N) is 1. The standard InChI is InChI=1S/C11H13BrF3NO/c12-10-8(3-1-4-9(10)16)7-17-6-2-5-11(13,14)15/h1,3-4H,2,5-7,16H2. The van der Waals surface area contributed by atoms with E-state index in [4.69, 9.17) is 10.5 Å². The Morgan fingerprint density at radius 1 is 1.29 bits per heavy atom. The molecule has 0 radical (unpaired) electrons. The SMILES string of the molecule is Nc1cccc(COCCCC(F)(F)F)c1Br. The van der Waals surface area contributed by atoms with E-state index in [1.54, 1.807) is 12.1 Å². The Kier molecular flexibility index (Phi) is 5.27. The summed E-state index contributed by atoms with van der Waals surface area (Å²) in [5.74, 6) is 0. The van der Waals surface area contributed by atoms with Crippen LogP contribution in [0, 0.1) is 0 Å². The Morgan fingerprint density at radius 2 is 2.00 bits per heavy atom. The quantitative estimate of drug-likeness (QED) is 0.661. The van der Waals surface area contributed by atoms with Crippen LogP contribution in [0.25, 0.3) is 0 Å². The number of ether oxygens (including phenoxy) is 1. The summed E-state index contributed by atoms with van der Waals surface area (Å²) < 4.78 is 41.4. The number of hydrogen-bond donors (Lipinski definition) is 1. The van der Waals surface area contributed by atoms with Crippen molar-refractivity contribution < 1.29 is 17.9 Å². The van der Waals surface area contributed by atoms with Crippen LogP contribution < -0.4 is 5.73 Å². The van der Waals surface area contributed by atoms with Gasteiger partial charge in [-0.3, -0.25) is 0 Å². The molecule has 1 aromatic rings. The summed E-state index contributed by atoms with van der Waals surface area (Å²) in [6, 6.07) is 5.32. The van der Waals surface area contributed by atoms with Gasteiger partial charge in [-0.2, -0.15) is 13.2 Å². The van der Waals surface area contributed by atoms with Crippen molar-refractivity contribution in [2.75, 3.05) is 12.3 Å². The van der Waals surface area contributed by atoms with E-state index in [0.717, 1.165) is 10.0 Å². The number of benzene rings is 1. The molecule has 0 spiro atoms. The summed E-state index contributed by atoms with van der Waals surface area (Å²) in [5.41, 5.74) is 7.07. The van der Waals surface area contributed by atoms with Gasteiger partial charge in [0.05, 0.1) is 6.61 Å². The maximum atomic E-state index is 11.8. The molecule has 0 aliphatic carbocycles. The first-order valence-electron chi connectivity index (χ1n) is 5.07. The molecule has 0 bridgehead atoms. The van der Waals surface area contributed by atoms with E-state index in [1.807, 2.05) is 6.07 Å². The van der Waals surface area contributed by atoms with Crippen molar-refractivity contribution in [3.8, 4) is 0 Å². The van der Waals surface area contributed by atoms with Gasteiger partial charge in [0, 0.05) is 23.2 Å². The Balaban J connectivity index is 2.29. The van der Waals surface area contributed by atoms with Gasteiger partial charge in [-0.25, -0.2) is 0 Å². The third-order valence-corrected chi connectivity index (χ3v) is 3.08. The highest BCUT2D eigenvalue weighted by atomic mass is 79.9. The molecule has 0 saturated carbocycles. The van der Waals surface area contributed by atoms with Crippen LogP contribution in [0.1, 0.15) is 18.4 Å². The number of halogens is 4. The second-order valence-corrected chi connectivity index (χ2v) is 4.38. The molecule has 2 nitrogen and oxygen atoms in total. The lowest BCUT2D eigenvalue weighted by Crippen LogP contribution is -2.08. The van der Waals surface area contributed by atoms with E-state index in [-0.39, 0.29) is 19.6 Å². The van der Waals surface area contributed by atoms with Gasteiger partial charge in [-0.1, -0.05) is 12.1 Å². The van der Waals surface area contributed by atoms with Crippen LogP contribution in [-0.4, -0.2) is 12.8 Å². The van der Waals surface area contributed by atoms with Crippen molar-refractivity contribution in [2.45, 2.75) is 25.6 Å². The Labute approximate surface area is 106 Å². The number of nitrogen functional groups attached to an aromatic ring is 1. The van der Waals surface area contributed by atoms with E-state index in [1.165, 1.54) is 0 Å². The average molecular weight is 312 g/mol. The zero-order chi connectivity index (χ0) is 12.9. The number of rotatable bonds is 5. The fraction of sp³-hybridized carbons (Fsp3) is 0.455. The van der Waals surface area contributed by atoms with Crippen LogP contribution in [0.15, 0.2) is 22.7 Å². The molecule has 0 heterocycles. The molecule has 0 amide bonds. The molecule has 17 heavy (non-hydrogen) atoms. The van der Waals surface area contributed by atoms with Crippen molar-refractivity contribution in [3.05, 3.63) is 28.2 Å². The van der Waals surface area contributed by atoms with E-state index in [0.29, 0.717) is 5.69 Å². The van der Waals surface area contributed by atoms with Crippen LogP contribution in [0.3, 0.4) is 0 Å². The van der Waals surface area contributed by atoms with Crippen LogP contribution in [0.2, 0.25) is 0 Å². The Bertz CT molecular complexity index is 368. The maximum Gasteiger partial charge on any atom is 0.389 e. The van der Waals surface area contributed by atoms with Crippen molar-refractivity contribution in [2.24, 2.45) is 0 Å². The lowest BCUT2D eigenvalue weighted by Gasteiger charge is -2.09. The fourth-order valence-electron chi connectivity index (χ4n) is 1.27. The number of hydrogen-bond acceptors (Lipinski definition) is 2. The zero-order valence-electron chi connectivity index (χ0n) is 9.06. The monoisotopic (exact) mass is 311 g/mol. The smallest absolute Gasteiger partial charge is 0.389 e. The first-order valence-corrected chi connectivity index (χ1v) is 5.87. The molecular formula is C11H13BrF3NO.